The van der Waals surface area contributed by atoms with E-state index in [0.717, 1.165) is 5.56 Å². The lowest BCUT2D eigenvalue weighted by Crippen LogP contribution is -2.30. The van der Waals surface area contributed by atoms with Gasteiger partial charge in [-0.25, -0.2) is 18.4 Å². The molecule has 6 N–H and O–H groups in total. The smallest absolute Gasteiger partial charge is 0.321 e. The monoisotopic (exact) mass is 437 g/mol. The summed E-state index contributed by atoms with van der Waals surface area (Å²) in [6.07, 6.45) is 0. The van der Waals surface area contributed by atoms with Crippen LogP contribution >= 0.6 is 0 Å². The third-order valence-corrected chi connectivity index (χ3v) is 5.61. The van der Waals surface area contributed by atoms with E-state index in [1.807, 2.05) is 6.07 Å². The van der Waals surface area contributed by atoms with Gasteiger partial charge in [-0.15, -0.1) is 0 Å². The van der Waals surface area contributed by atoms with Gasteiger partial charge in [-0.05, 0) is 35.4 Å². The fraction of sp³-hybridized carbons (Fsp3) is 0.0909. The Bertz CT molecular complexity index is 1220. The highest BCUT2D eigenvalue weighted by atomic mass is 32.2. The molecule has 0 aliphatic rings. The minimum Gasteiger partial charge on any atom is -0.384 e. The molecule has 0 aliphatic carbocycles. The summed E-state index contributed by atoms with van der Waals surface area (Å²) in [5, 5.41) is 15.6. The van der Waals surface area contributed by atoms with E-state index in [1.165, 1.54) is 11.0 Å². The maximum Gasteiger partial charge on any atom is 0.321 e. The molecule has 0 fully saturated rings. The van der Waals surface area contributed by atoms with E-state index in [1.54, 1.807) is 67.7 Å². The van der Waals surface area contributed by atoms with E-state index < -0.39 is 10.0 Å². The van der Waals surface area contributed by atoms with Gasteiger partial charge >= 0.3 is 6.03 Å². The van der Waals surface area contributed by atoms with Crippen molar-refractivity contribution in [3.05, 3.63) is 83.9 Å². The van der Waals surface area contributed by atoms with Crippen LogP contribution in [0.1, 0.15) is 11.1 Å². The quantitative estimate of drug-likeness (QED) is 0.347. The average Bonchev–Trinajstić information content (AvgIpc) is 2.74. The molecule has 0 unspecified atom stereocenters. The van der Waals surface area contributed by atoms with Crippen LogP contribution in [0, 0.1) is 5.41 Å². The third-order valence-electron chi connectivity index (χ3n) is 4.65. The van der Waals surface area contributed by atoms with Gasteiger partial charge in [0.05, 0.1) is 4.90 Å². The maximum absolute atomic E-state index is 12.5. The number of carbonyl (C=O) groups excluding carboxylic acids is 1. The number of anilines is 1. The molecule has 0 aromatic heterocycles. The van der Waals surface area contributed by atoms with Crippen LogP contribution in [-0.4, -0.2) is 32.2 Å². The van der Waals surface area contributed by atoms with E-state index in [2.05, 4.69) is 5.32 Å². The predicted octanol–water partition coefficient (Wildman–Crippen LogP) is 2.95. The van der Waals surface area contributed by atoms with Crippen molar-refractivity contribution in [1.29, 1.82) is 5.41 Å². The molecule has 3 rings (SSSR count). The van der Waals surface area contributed by atoms with Crippen LogP contribution in [0.4, 0.5) is 10.5 Å². The summed E-state index contributed by atoms with van der Waals surface area (Å²) < 4.78 is 23.6. The summed E-state index contributed by atoms with van der Waals surface area (Å²) in [4.78, 5) is 14.1. The van der Waals surface area contributed by atoms with Gasteiger partial charge in [0.15, 0.2) is 0 Å². The fourth-order valence-corrected chi connectivity index (χ4v) is 3.85. The number of carbonyl (C=O) groups is 1. The maximum atomic E-state index is 12.5. The van der Waals surface area contributed by atoms with Crippen LogP contribution in [0.5, 0.6) is 0 Å². The Morgan fingerprint density at radius 3 is 2.35 bits per heavy atom. The second-order valence-electron chi connectivity index (χ2n) is 7.02. The predicted molar refractivity (Wildman–Crippen MR) is 121 cm³/mol. The lowest BCUT2D eigenvalue weighted by Gasteiger charge is -2.18. The molecule has 2 amide bonds. The van der Waals surface area contributed by atoms with Crippen LogP contribution in [0.25, 0.3) is 11.1 Å². The molecule has 31 heavy (non-hydrogen) atoms. The molecule has 0 atom stereocenters. The van der Waals surface area contributed by atoms with Crippen molar-refractivity contribution in [2.75, 3.05) is 12.4 Å². The van der Waals surface area contributed by atoms with Crippen molar-refractivity contribution in [2.24, 2.45) is 10.9 Å². The molecule has 160 valence electrons. The van der Waals surface area contributed by atoms with Crippen molar-refractivity contribution >= 4 is 27.6 Å². The lowest BCUT2D eigenvalue weighted by atomic mass is 10.1. The van der Waals surface area contributed by atoms with Crippen molar-refractivity contribution in [1.82, 2.24) is 4.90 Å². The van der Waals surface area contributed by atoms with Gasteiger partial charge in [0, 0.05) is 30.4 Å². The first-order chi connectivity index (χ1) is 14.6. The number of primary sulfonamides is 1. The molecule has 3 aromatic rings. The van der Waals surface area contributed by atoms with Crippen LogP contribution in [0.2, 0.25) is 0 Å². The average molecular weight is 438 g/mol. The molecule has 0 radical (unpaired) electrons. The zero-order valence-corrected chi connectivity index (χ0v) is 17.7. The van der Waals surface area contributed by atoms with Crippen molar-refractivity contribution in [3.8, 4) is 11.1 Å². The number of nitrogens with two attached hydrogens (primary N) is 2. The van der Waals surface area contributed by atoms with Gasteiger partial charge in [0.1, 0.15) is 5.84 Å². The summed E-state index contributed by atoms with van der Waals surface area (Å²) >= 11 is 0. The first kappa shape index (κ1) is 22.0. The summed E-state index contributed by atoms with van der Waals surface area (Å²) in [5.74, 6) is -0.0296. The normalized spacial score (nSPS) is 11.0. The molecular weight excluding hydrogens is 414 g/mol. The van der Waals surface area contributed by atoms with Gasteiger partial charge < -0.3 is 16.0 Å². The Morgan fingerprint density at radius 1 is 1.03 bits per heavy atom. The number of amidine groups is 1. The highest BCUT2D eigenvalue weighted by molar-refractivity contribution is 7.89. The van der Waals surface area contributed by atoms with Crippen molar-refractivity contribution in [2.45, 2.75) is 11.4 Å². The standard InChI is InChI=1S/C22H23N5O3S/c1-27(14-15-5-4-6-17(13-15)21(23)24)22(28)26-18-11-9-16(10-12-18)19-7-2-3-8-20(19)31(25,29)30/h2-13H,14H2,1H3,(H3,23,24)(H,26,28)(H2,25,29,30). The molecule has 0 saturated carbocycles. The largest absolute Gasteiger partial charge is 0.384 e. The van der Waals surface area contributed by atoms with Gasteiger partial charge in [-0.2, -0.15) is 0 Å². The van der Waals surface area contributed by atoms with Crippen molar-refractivity contribution < 1.29 is 13.2 Å². The zero-order chi connectivity index (χ0) is 22.6. The minimum atomic E-state index is -3.86. The number of nitrogens with zero attached hydrogens (tertiary/aromatic N) is 1. The highest BCUT2D eigenvalue weighted by Crippen LogP contribution is 2.27. The summed E-state index contributed by atoms with van der Waals surface area (Å²) in [5.41, 5.74) is 8.68. The molecule has 3 aromatic carbocycles. The first-order valence-electron chi connectivity index (χ1n) is 9.33. The van der Waals surface area contributed by atoms with Gasteiger partial charge in [-0.3, -0.25) is 5.41 Å². The minimum absolute atomic E-state index is 0.0296. The summed E-state index contributed by atoms with van der Waals surface area (Å²) in [6, 6.07) is 20.1. The number of benzene rings is 3. The number of rotatable bonds is 6. The molecule has 0 heterocycles. The Labute approximate surface area is 181 Å². The Kier molecular flexibility index (Phi) is 6.38. The number of hydrogen-bond donors (Lipinski definition) is 4. The number of nitrogens with one attached hydrogen (secondary N) is 2. The Balaban J connectivity index is 1.71. The molecule has 0 bridgehead atoms. The van der Waals surface area contributed by atoms with Crippen LogP contribution < -0.4 is 16.2 Å². The number of amides is 2. The van der Waals surface area contributed by atoms with E-state index in [0.29, 0.717) is 28.9 Å². The molecule has 0 saturated heterocycles. The molecule has 0 spiro atoms. The molecule has 8 nitrogen and oxygen atoms in total. The number of nitrogen functional groups attached to an aromatic ring is 1. The first-order valence-corrected chi connectivity index (χ1v) is 10.9. The van der Waals surface area contributed by atoms with E-state index >= 15 is 0 Å². The zero-order valence-electron chi connectivity index (χ0n) is 16.9. The van der Waals surface area contributed by atoms with Gasteiger partial charge in [0.2, 0.25) is 10.0 Å². The van der Waals surface area contributed by atoms with Crippen LogP contribution in [-0.2, 0) is 16.6 Å². The summed E-state index contributed by atoms with van der Waals surface area (Å²) in [6.45, 7) is 0.340. The van der Waals surface area contributed by atoms with E-state index in [4.69, 9.17) is 16.3 Å². The van der Waals surface area contributed by atoms with Crippen LogP contribution in [0.15, 0.2) is 77.7 Å². The fourth-order valence-electron chi connectivity index (χ4n) is 3.09. The SMILES string of the molecule is CN(Cc1cccc(C(=N)N)c1)C(=O)Nc1ccc(-c2ccccc2S(N)(=O)=O)cc1. The lowest BCUT2D eigenvalue weighted by molar-refractivity contribution is 0.220. The second-order valence-corrected chi connectivity index (χ2v) is 8.55. The highest BCUT2D eigenvalue weighted by Gasteiger charge is 2.15. The second kappa shape index (κ2) is 8.99. The Hall–Kier alpha value is -3.69. The molecular formula is C22H23N5O3S. The topological polar surface area (TPSA) is 142 Å². The number of sulfonamides is 1. The van der Waals surface area contributed by atoms with E-state index in [-0.39, 0.29) is 16.8 Å². The van der Waals surface area contributed by atoms with Gasteiger partial charge in [0.25, 0.3) is 0 Å². The third kappa shape index (κ3) is 5.47. The van der Waals surface area contributed by atoms with Crippen molar-refractivity contribution in [3.63, 3.8) is 0 Å². The number of hydrogen-bond acceptors (Lipinski definition) is 4. The Morgan fingerprint density at radius 2 is 1.71 bits per heavy atom. The van der Waals surface area contributed by atoms with Gasteiger partial charge in [-0.1, -0.05) is 48.5 Å². The van der Waals surface area contributed by atoms with Crippen LogP contribution in [0.3, 0.4) is 0 Å². The summed E-state index contributed by atoms with van der Waals surface area (Å²) in [7, 11) is -2.20. The molecule has 0 aliphatic heterocycles. The molecule has 9 heteroatoms. The van der Waals surface area contributed by atoms with E-state index in [9.17, 15) is 13.2 Å². The number of urea groups is 1.